The van der Waals surface area contributed by atoms with Crippen molar-refractivity contribution in [3.63, 3.8) is 0 Å². The molecule has 2 nitrogen and oxygen atoms in total. The van der Waals surface area contributed by atoms with Crippen LogP contribution in [0.3, 0.4) is 0 Å². The van der Waals surface area contributed by atoms with E-state index >= 15 is 0 Å². The number of benzene rings is 1. The lowest BCUT2D eigenvalue weighted by molar-refractivity contribution is -0.253. The lowest BCUT2D eigenvalue weighted by atomic mass is 10.3. The molecule has 0 amide bonds. The highest BCUT2D eigenvalue weighted by Gasteiger charge is 2.43. The van der Waals surface area contributed by atoms with Crippen molar-refractivity contribution in [3.05, 3.63) is 30.0 Å². The van der Waals surface area contributed by atoms with E-state index in [0.29, 0.717) is 0 Å². The second kappa shape index (κ2) is 3.73. The van der Waals surface area contributed by atoms with Crippen molar-refractivity contribution >= 4 is 5.69 Å². The molecule has 0 aliphatic rings. The van der Waals surface area contributed by atoms with Crippen molar-refractivity contribution < 1.29 is 22.3 Å². The van der Waals surface area contributed by atoms with E-state index < -0.39 is 18.3 Å². The van der Waals surface area contributed by atoms with Crippen LogP contribution in [0.2, 0.25) is 0 Å². The number of alkyl halides is 4. The van der Waals surface area contributed by atoms with Crippen LogP contribution >= 0.6 is 0 Å². The Labute approximate surface area is 77.3 Å². The highest BCUT2D eigenvalue weighted by molar-refractivity contribution is 5.45. The van der Waals surface area contributed by atoms with Gasteiger partial charge in [-0.3, -0.25) is 0 Å². The number of ether oxygens (including phenoxy) is 1. The average molecular weight is 208 g/mol. The van der Waals surface area contributed by atoms with Gasteiger partial charge in [-0.05, 0) is 12.1 Å². The molecule has 0 aliphatic carbocycles. The molecule has 0 aromatic heterocycles. The maximum Gasteiger partial charge on any atom is 0.461 e. The van der Waals surface area contributed by atoms with E-state index in [1.165, 1.54) is 0 Å². The first-order chi connectivity index (χ1) is 6.42. The minimum Gasteiger partial charge on any atom is -0.699 e. The Balaban J connectivity index is 2.74. The number of rotatable bonds is 3. The number of hydrogen-bond donors (Lipinski definition) is 0. The van der Waals surface area contributed by atoms with Crippen molar-refractivity contribution in [2.75, 3.05) is 0 Å². The summed E-state index contributed by atoms with van der Waals surface area (Å²) in [7, 11) is 0. The zero-order valence-corrected chi connectivity index (χ0v) is 6.81. The molecule has 78 valence electrons. The summed E-state index contributed by atoms with van der Waals surface area (Å²) in [5.74, 6) is -0.397. The van der Waals surface area contributed by atoms with Gasteiger partial charge < -0.3 is 10.5 Å². The van der Waals surface area contributed by atoms with Crippen LogP contribution < -0.4 is 4.74 Å². The molecule has 0 bridgehead atoms. The van der Waals surface area contributed by atoms with Crippen LogP contribution in [0.5, 0.6) is 5.75 Å². The third-order valence-corrected chi connectivity index (χ3v) is 1.36. The lowest BCUT2D eigenvalue weighted by Crippen LogP contribution is -2.33. The largest absolute Gasteiger partial charge is 0.699 e. The van der Waals surface area contributed by atoms with Gasteiger partial charge in [-0.1, -0.05) is 12.1 Å². The molecule has 0 saturated heterocycles. The quantitative estimate of drug-likeness (QED) is 0.698. The van der Waals surface area contributed by atoms with E-state index in [-0.39, 0.29) is 5.69 Å². The van der Waals surface area contributed by atoms with Crippen molar-refractivity contribution in [1.82, 2.24) is 0 Å². The summed E-state index contributed by atoms with van der Waals surface area (Å²) in [4.78, 5) is 0. The van der Waals surface area contributed by atoms with E-state index in [2.05, 4.69) is 4.74 Å². The fourth-order valence-electron chi connectivity index (χ4n) is 0.725. The maximum atomic E-state index is 12.3. The van der Waals surface area contributed by atoms with Gasteiger partial charge in [0, 0.05) is 0 Å². The van der Waals surface area contributed by atoms with E-state index in [1.54, 1.807) is 0 Å². The van der Waals surface area contributed by atoms with Gasteiger partial charge in [0.1, 0.15) is 5.75 Å². The van der Waals surface area contributed by atoms with E-state index in [0.717, 1.165) is 24.3 Å². The first-order valence-corrected chi connectivity index (χ1v) is 3.58. The predicted octanol–water partition coefficient (Wildman–Crippen LogP) is 3.61. The smallest absolute Gasteiger partial charge is 0.461 e. The van der Waals surface area contributed by atoms with Gasteiger partial charge in [0.05, 0.1) is 0 Å². The van der Waals surface area contributed by atoms with Gasteiger partial charge in [0.15, 0.2) is 0 Å². The standard InChI is InChI=1S/C8H6F4NO/c9-7(10)8(11,12)14-6-3-1-5(13)2-4-6/h1-4,7,13H/q-1. The Morgan fingerprint density at radius 2 is 1.64 bits per heavy atom. The summed E-state index contributed by atoms with van der Waals surface area (Å²) < 4.78 is 51.7. The molecule has 0 fully saturated rings. The Kier molecular flexibility index (Phi) is 2.83. The summed E-state index contributed by atoms with van der Waals surface area (Å²) in [6, 6.07) is 4.38. The van der Waals surface area contributed by atoms with E-state index in [1.807, 2.05) is 0 Å². The van der Waals surface area contributed by atoms with Crippen LogP contribution in [-0.4, -0.2) is 12.5 Å². The molecule has 0 radical (unpaired) electrons. The SMILES string of the molecule is [NH-]c1ccc(OC(F)(F)C(F)F)cc1. The average Bonchev–Trinajstić information content (AvgIpc) is 2.08. The Morgan fingerprint density at radius 1 is 1.14 bits per heavy atom. The van der Waals surface area contributed by atoms with Crippen LogP contribution in [0, 0.1) is 0 Å². The minimum atomic E-state index is -4.50. The molecule has 0 saturated carbocycles. The first-order valence-electron chi connectivity index (χ1n) is 3.58. The zero-order chi connectivity index (χ0) is 10.8. The molecule has 0 unspecified atom stereocenters. The molecule has 0 heterocycles. The van der Waals surface area contributed by atoms with E-state index in [9.17, 15) is 17.6 Å². The molecule has 0 aliphatic heterocycles. The normalized spacial score (nSPS) is 11.8. The van der Waals surface area contributed by atoms with Gasteiger partial charge in [-0.2, -0.15) is 17.6 Å². The summed E-state index contributed by atoms with van der Waals surface area (Å²) in [5.41, 5.74) is 7.10. The van der Waals surface area contributed by atoms with Gasteiger partial charge in [0.2, 0.25) is 0 Å². The van der Waals surface area contributed by atoms with Crippen LogP contribution in [-0.2, 0) is 0 Å². The molecule has 0 spiro atoms. The molecule has 1 aromatic rings. The van der Waals surface area contributed by atoms with Crippen molar-refractivity contribution in [2.24, 2.45) is 0 Å². The second-order valence-corrected chi connectivity index (χ2v) is 2.49. The van der Waals surface area contributed by atoms with Crippen molar-refractivity contribution in [1.29, 1.82) is 0 Å². The summed E-state index contributed by atoms with van der Waals surface area (Å²) in [6.07, 6.45) is -8.37. The lowest BCUT2D eigenvalue weighted by Gasteiger charge is -2.17. The Hall–Kier alpha value is -1.46. The van der Waals surface area contributed by atoms with E-state index in [4.69, 9.17) is 5.73 Å². The maximum absolute atomic E-state index is 12.3. The predicted molar refractivity (Wildman–Crippen MR) is 42.0 cm³/mol. The molecule has 0 atom stereocenters. The Morgan fingerprint density at radius 3 is 2.07 bits per heavy atom. The summed E-state index contributed by atoms with van der Waals surface area (Å²) in [5, 5.41) is 0. The monoisotopic (exact) mass is 208 g/mol. The highest BCUT2D eigenvalue weighted by atomic mass is 19.3. The fraction of sp³-hybridized carbons (Fsp3) is 0.250. The van der Waals surface area contributed by atoms with Crippen LogP contribution in [0.4, 0.5) is 23.2 Å². The molecule has 6 heteroatoms. The Bertz CT molecular complexity index is 299. The summed E-state index contributed by atoms with van der Waals surface area (Å²) in [6.45, 7) is 0. The third kappa shape index (κ3) is 2.51. The van der Waals surface area contributed by atoms with Crippen LogP contribution in [0.1, 0.15) is 0 Å². The number of hydrogen-bond acceptors (Lipinski definition) is 1. The van der Waals surface area contributed by atoms with Crippen molar-refractivity contribution in [2.45, 2.75) is 12.5 Å². The molecule has 14 heavy (non-hydrogen) atoms. The minimum absolute atomic E-state index is 0.0812. The highest BCUT2D eigenvalue weighted by Crippen LogP contribution is 2.28. The number of nitrogens with one attached hydrogen (secondary N) is 1. The molecule has 1 aromatic carbocycles. The third-order valence-electron chi connectivity index (χ3n) is 1.36. The fourth-order valence-corrected chi connectivity index (χ4v) is 0.725. The van der Waals surface area contributed by atoms with Crippen molar-refractivity contribution in [3.8, 4) is 5.75 Å². The first kappa shape index (κ1) is 10.6. The molecular formula is C8H6F4NO-. The van der Waals surface area contributed by atoms with Crippen LogP contribution in [0.15, 0.2) is 24.3 Å². The van der Waals surface area contributed by atoms with Crippen LogP contribution in [0.25, 0.3) is 5.73 Å². The van der Waals surface area contributed by atoms with Gasteiger partial charge in [-0.15, -0.1) is 5.69 Å². The molecule has 1 rings (SSSR count). The van der Waals surface area contributed by atoms with Gasteiger partial charge in [0.25, 0.3) is 0 Å². The van der Waals surface area contributed by atoms with Gasteiger partial charge >= 0.3 is 12.5 Å². The summed E-state index contributed by atoms with van der Waals surface area (Å²) >= 11 is 0. The second-order valence-electron chi connectivity index (χ2n) is 2.49. The molecular weight excluding hydrogens is 202 g/mol. The molecule has 1 N–H and O–H groups in total. The van der Waals surface area contributed by atoms with Gasteiger partial charge in [-0.25, -0.2) is 0 Å². The topological polar surface area (TPSA) is 33.0 Å². The zero-order valence-electron chi connectivity index (χ0n) is 6.81. The number of halogens is 4.